The maximum Gasteiger partial charge on any atom is 0.411 e. The number of carbonyl (C=O) groups is 2. The van der Waals surface area contributed by atoms with E-state index < -0.39 is 23.6 Å². The van der Waals surface area contributed by atoms with Crippen LogP contribution in [-0.4, -0.2) is 39.6 Å². The lowest BCUT2D eigenvalue weighted by molar-refractivity contribution is -0.133. The van der Waals surface area contributed by atoms with E-state index in [2.05, 4.69) is 0 Å². The Bertz CT molecular complexity index is 765. The van der Waals surface area contributed by atoms with Crippen LogP contribution < -0.4 is 0 Å². The van der Waals surface area contributed by atoms with E-state index in [1.165, 1.54) is 0 Å². The van der Waals surface area contributed by atoms with E-state index >= 15 is 0 Å². The zero-order chi connectivity index (χ0) is 23.4. The highest BCUT2D eigenvalue weighted by atomic mass is 35.5. The Morgan fingerprint density at radius 2 is 1.47 bits per heavy atom. The summed E-state index contributed by atoms with van der Waals surface area (Å²) in [6.45, 7) is 16.5. The summed E-state index contributed by atoms with van der Waals surface area (Å²) in [5.74, 6) is -0.444. The van der Waals surface area contributed by atoms with Gasteiger partial charge in [0, 0.05) is 22.7 Å². The summed E-state index contributed by atoms with van der Waals surface area (Å²) in [6.07, 6.45) is 0.0000496. The summed E-state index contributed by atoms with van der Waals surface area (Å²) >= 11 is 5.95. The van der Waals surface area contributed by atoms with Crippen LogP contribution in [-0.2, 0) is 9.53 Å². The van der Waals surface area contributed by atoms with Crippen LogP contribution in [0.4, 0.5) is 4.79 Å². The van der Waals surface area contributed by atoms with E-state index in [1.807, 2.05) is 48.5 Å². The number of ketones is 1. The lowest BCUT2D eigenvalue weighted by Crippen LogP contribution is -2.48. The van der Waals surface area contributed by atoms with Crippen molar-refractivity contribution in [2.45, 2.75) is 86.1 Å². The van der Waals surface area contributed by atoms with Crippen LogP contribution in [0, 0.1) is 5.41 Å². The van der Waals surface area contributed by atoms with Gasteiger partial charge in [0.15, 0.2) is 5.60 Å². The van der Waals surface area contributed by atoms with E-state index in [9.17, 15) is 14.7 Å². The van der Waals surface area contributed by atoms with E-state index in [4.69, 9.17) is 16.3 Å². The van der Waals surface area contributed by atoms with Gasteiger partial charge in [-0.15, -0.1) is 0 Å². The summed E-state index contributed by atoms with van der Waals surface area (Å²) in [6, 6.07) is 6.52. The second-order valence-corrected chi connectivity index (χ2v) is 10.2. The molecule has 0 heterocycles. The summed E-state index contributed by atoms with van der Waals surface area (Å²) in [4.78, 5) is 27.8. The fourth-order valence-electron chi connectivity index (χ4n) is 3.24. The van der Waals surface area contributed by atoms with Gasteiger partial charge in [0.05, 0.1) is 0 Å². The number of nitrogens with zero attached hydrogens (tertiary/aromatic N) is 1. The standard InChI is InChI=1S/C24H36ClNO4/c1-15(2)26(16(3)4)22(29)30-24(8,9)21(28)19(14-23(5,6)7)20(27)17-10-12-18(25)13-11-17/h10-16,20,27H,1-9H3/b19-14-. The van der Waals surface area contributed by atoms with Crippen LogP contribution in [0.15, 0.2) is 35.9 Å². The van der Waals surface area contributed by atoms with Gasteiger partial charge in [-0.2, -0.15) is 0 Å². The van der Waals surface area contributed by atoms with Gasteiger partial charge in [0.2, 0.25) is 5.78 Å². The first-order chi connectivity index (χ1) is 13.6. The van der Waals surface area contributed by atoms with Gasteiger partial charge >= 0.3 is 6.09 Å². The number of benzene rings is 1. The van der Waals surface area contributed by atoms with E-state index in [1.54, 1.807) is 49.1 Å². The smallest absolute Gasteiger partial charge is 0.411 e. The average molecular weight is 438 g/mol. The third-order valence-electron chi connectivity index (χ3n) is 4.54. The predicted molar refractivity (Wildman–Crippen MR) is 122 cm³/mol. The van der Waals surface area contributed by atoms with Gasteiger partial charge in [-0.25, -0.2) is 4.79 Å². The predicted octanol–water partition coefficient (Wildman–Crippen LogP) is 5.95. The van der Waals surface area contributed by atoms with Gasteiger partial charge in [-0.3, -0.25) is 4.79 Å². The fraction of sp³-hybridized carbons (Fsp3) is 0.583. The van der Waals surface area contributed by atoms with Crippen molar-refractivity contribution in [1.29, 1.82) is 0 Å². The Hall–Kier alpha value is -1.85. The molecule has 1 amide bonds. The third-order valence-corrected chi connectivity index (χ3v) is 4.80. The normalized spacial score (nSPS) is 14.1. The van der Waals surface area contributed by atoms with E-state index in [0.717, 1.165) is 0 Å². The summed E-state index contributed by atoms with van der Waals surface area (Å²) < 4.78 is 5.65. The van der Waals surface area contributed by atoms with E-state index in [-0.39, 0.29) is 23.1 Å². The number of halogens is 1. The number of rotatable bonds is 7. The second-order valence-electron chi connectivity index (χ2n) is 9.72. The van der Waals surface area contributed by atoms with E-state index in [0.29, 0.717) is 10.6 Å². The minimum atomic E-state index is -1.45. The van der Waals surface area contributed by atoms with Crippen LogP contribution in [0.2, 0.25) is 5.02 Å². The maximum absolute atomic E-state index is 13.5. The number of allylic oxidation sites excluding steroid dienone is 1. The van der Waals surface area contributed by atoms with Crippen LogP contribution in [0.1, 0.15) is 74.0 Å². The number of aliphatic hydroxyl groups is 1. The van der Waals surface area contributed by atoms with Gasteiger partial charge in [-0.1, -0.05) is 50.6 Å². The molecule has 1 N–H and O–H groups in total. The number of ether oxygens (including phenoxy) is 1. The number of amides is 1. The highest BCUT2D eigenvalue weighted by molar-refractivity contribution is 6.30. The Kier molecular flexibility index (Phi) is 8.70. The Morgan fingerprint density at radius 3 is 1.87 bits per heavy atom. The molecule has 1 aromatic carbocycles. The van der Waals surface area contributed by atoms with Gasteiger partial charge < -0.3 is 14.7 Å². The first-order valence-electron chi connectivity index (χ1n) is 10.3. The monoisotopic (exact) mass is 437 g/mol. The summed E-state index contributed by atoms with van der Waals surface area (Å²) in [5.41, 5.74) is -1.11. The quantitative estimate of drug-likeness (QED) is 0.535. The van der Waals surface area contributed by atoms with Crippen molar-refractivity contribution in [3.8, 4) is 0 Å². The zero-order valence-corrected chi connectivity index (χ0v) is 20.4. The molecular weight excluding hydrogens is 402 g/mol. The Morgan fingerprint density at radius 1 is 1.00 bits per heavy atom. The van der Waals surface area contributed by atoms with Crippen molar-refractivity contribution >= 4 is 23.5 Å². The minimum absolute atomic E-state index is 0.0763. The van der Waals surface area contributed by atoms with Crippen molar-refractivity contribution in [1.82, 2.24) is 4.90 Å². The first-order valence-corrected chi connectivity index (χ1v) is 10.7. The first kappa shape index (κ1) is 26.2. The topological polar surface area (TPSA) is 66.8 Å². The molecule has 0 aliphatic heterocycles. The van der Waals surface area contributed by atoms with Crippen LogP contribution in [0.25, 0.3) is 0 Å². The van der Waals surface area contributed by atoms with Crippen LogP contribution in [0.5, 0.6) is 0 Å². The molecule has 1 aromatic rings. The third kappa shape index (κ3) is 7.13. The van der Waals surface area contributed by atoms with Crippen LogP contribution >= 0.6 is 11.6 Å². The molecule has 1 unspecified atom stereocenters. The van der Waals surface area contributed by atoms with Gasteiger partial charge in [-0.05, 0) is 64.7 Å². The van der Waals surface area contributed by atoms with Crippen molar-refractivity contribution in [2.75, 3.05) is 0 Å². The Labute approximate surface area is 186 Å². The lowest BCUT2D eigenvalue weighted by atomic mass is 9.84. The lowest BCUT2D eigenvalue weighted by Gasteiger charge is -2.34. The number of hydrogen-bond donors (Lipinski definition) is 1. The largest absolute Gasteiger partial charge is 0.435 e. The molecule has 0 saturated heterocycles. The minimum Gasteiger partial charge on any atom is -0.435 e. The second kappa shape index (κ2) is 9.97. The van der Waals surface area contributed by atoms with Crippen molar-refractivity contribution in [2.24, 2.45) is 5.41 Å². The molecule has 168 valence electrons. The Balaban J connectivity index is 3.30. The number of Topliss-reactive ketones (excluding diaryl/α,β-unsaturated/α-hetero) is 1. The molecule has 0 radical (unpaired) electrons. The van der Waals surface area contributed by atoms with Crippen molar-refractivity contribution < 1.29 is 19.4 Å². The molecular formula is C24H36ClNO4. The highest BCUT2D eigenvalue weighted by Crippen LogP contribution is 2.32. The molecule has 1 atom stereocenters. The molecule has 30 heavy (non-hydrogen) atoms. The van der Waals surface area contributed by atoms with Crippen molar-refractivity contribution in [3.63, 3.8) is 0 Å². The maximum atomic E-state index is 13.5. The molecule has 6 heteroatoms. The number of hydrogen-bond acceptors (Lipinski definition) is 4. The molecule has 5 nitrogen and oxygen atoms in total. The molecule has 1 rings (SSSR count). The van der Waals surface area contributed by atoms with Gasteiger partial charge in [0.1, 0.15) is 6.10 Å². The number of aliphatic hydroxyl groups excluding tert-OH is 1. The summed E-state index contributed by atoms with van der Waals surface area (Å²) in [5, 5.41) is 11.5. The highest BCUT2D eigenvalue weighted by Gasteiger charge is 2.39. The molecule has 0 aliphatic rings. The molecule has 0 fully saturated rings. The van der Waals surface area contributed by atoms with Crippen LogP contribution in [0.3, 0.4) is 0 Å². The SMILES string of the molecule is CC(C)N(C(=O)OC(C)(C)C(=O)/C(=C\C(C)(C)C)C(O)c1ccc(Cl)cc1)C(C)C. The fourth-order valence-corrected chi connectivity index (χ4v) is 3.37. The molecule has 0 aliphatic carbocycles. The molecule has 0 aromatic heterocycles. The number of carbonyl (C=O) groups excluding carboxylic acids is 2. The molecule has 0 spiro atoms. The van der Waals surface area contributed by atoms with Gasteiger partial charge in [0.25, 0.3) is 0 Å². The van der Waals surface area contributed by atoms with Crippen molar-refractivity contribution in [3.05, 3.63) is 46.5 Å². The molecule has 0 saturated carbocycles. The average Bonchev–Trinajstić information content (AvgIpc) is 2.57. The molecule has 0 bridgehead atoms. The summed E-state index contributed by atoms with van der Waals surface area (Å²) in [7, 11) is 0. The zero-order valence-electron chi connectivity index (χ0n) is 19.6.